The molecule has 0 heterocycles. The summed E-state index contributed by atoms with van der Waals surface area (Å²) in [5.41, 5.74) is 0. The van der Waals surface area contributed by atoms with Gasteiger partial charge in [-0.2, -0.15) is 5.06 Å². The summed E-state index contributed by atoms with van der Waals surface area (Å²) in [5, 5.41) is 10.8. The molecule has 0 aliphatic carbocycles. The number of hydrogen-bond donors (Lipinski definition) is 1. The van der Waals surface area contributed by atoms with Crippen LogP contribution in [-0.4, -0.2) is 35.3 Å². The van der Waals surface area contributed by atoms with E-state index in [4.69, 9.17) is 4.84 Å². The van der Waals surface area contributed by atoms with E-state index in [9.17, 15) is 9.90 Å². The lowest BCUT2D eigenvalue weighted by Crippen LogP contribution is -2.45. The summed E-state index contributed by atoms with van der Waals surface area (Å²) in [7, 11) is 0. The van der Waals surface area contributed by atoms with E-state index in [1.165, 1.54) is 0 Å². The van der Waals surface area contributed by atoms with Crippen LogP contribution in [0.5, 0.6) is 0 Å². The van der Waals surface area contributed by atoms with Crippen molar-refractivity contribution >= 4 is 5.97 Å². The van der Waals surface area contributed by atoms with Crippen molar-refractivity contribution in [2.24, 2.45) is 5.92 Å². The number of hydroxylamine groups is 2. The predicted octanol–water partition coefficient (Wildman–Crippen LogP) is 2.54. The first-order chi connectivity index (χ1) is 7.54. The largest absolute Gasteiger partial charge is 0.480 e. The molecule has 0 rings (SSSR count). The van der Waals surface area contributed by atoms with Crippen molar-refractivity contribution in [1.29, 1.82) is 0 Å². The molecule has 0 aromatic rings. The van der Waals surface area contributed by atoms with Gasteiger partial charge in [0.05, 0.1) is 6.61 Å². The van der Waals surface area contributed by atoms with Crippen molar-refractivity contribution in [3.05, 3.63) is 0 Å². The molecule has 4 heteroatoms. The minimum atomic E-state index is -0.806. The van der Waals surface area contributed by atoms with Gasteiger partial charge in [0, 0.05) is 6.54 Å². The summed E-state index contributed by atoms with van der Waals surface area (Å²) in [5.74, 6) is -0.759. The van der Waals surface area contributed by atoms with Crippen LogP contribution in [0, 0.1) is 5.92 Å². The molecule has 0 amide bonds. The fourth-order valence-electron chi connectivity index (χ4n) is 1.71. The fraction of sp³-hybridized carbons (Fsp3) is 0.917. The summed E-state index contributed by atoms with van der Waals surface area (Å²) in [6, 6.07) is -0.545. The first-order valence-electron chi connectivity index (χ1n) is 6.16. The SMILES string of the molecule is CCCCCN(OCC)C(C(=O)O)C(C)C. The zero-order valence-electron chi connectivity index (χ0n) is 10.9. The Bertz CT molecular complexity index is 195. The molecule has 0 aromatic carbocycles. The van der Waals surface area contributed by atoms with Crippen LogP contribution >= 0.6 is 0 Å². The number of carbonyl (C=O) groups is 1. The Morgan fingerprint density at radius 2 is 1.94 bits per heavy atom. The van der Waals surface area contributed by atoms with E-state index in [0.717, 1.165) is 19.3 Å². The molecule has 0 aromatic heterocycles. The second kappa shape index (κ2) is 8.53. The number of carboxylic acids is 1. The van der Waals surface area contributed by atoms with E-state index in [2.05, 4.69) is 6.92 Å². The van der Waals surface area contributed by atoms with Crippen LogP contribution in [0.4, 0.5) is 0 Å². The number of hydrogen-bond acceptors (Lipinski definition) is 3. The normalized spacial score (nSPS) is 13.4. The van der Waals surface area contributed by atoms with Gasteiger partial charge in [0.25, 0.3) is 0 Å². The summed E-state index contributed by atoms with van der Waals surface area (Å²) in [6.45, 7) is 9.03. The van der Waals surface area contributed by atoms with E-state index >= 15 is 0 Å². The average Bonchev–Trinajstić information content (AvgIpc) is 2.17. The van der Waals surface area contributed by atoms with Gasteiger partial charge in [-0.15, -0.1) is 0 Å². The van der Waals surface area contributed by atoms with E-state index in [-0.39, 0.29) is 5.92 Å². The van der Waals surface area contributed by atoms with Gasteiger partial charge in [0.15, 0.2) is 0 Å². The first-order valence-corrected chi connectivity index (χ1v) is 6.16. The molecule has 0 saturated carbocycles. The summed E-state index contributed by atoms with van der Waals surface area (Å²) < 4.78 is 0. The van der Waals surface area contributed by atoms with E-state index in [1.54, 1.807) is 5.06 Å². The van der Waals surface area contributed by atoms with Crippen molar-refractivity contribution in [2.45, 2.75) is 53.0 Å². The Balaban J connectivity index is 4.38. The lowest BCUT2D eigenvalue weighted by atomic mass is 10.0. The second-order valence-electron chi connectivity index (χ2n) is 4.29. The maximum Gasteiger partial charge on any atom is 0.323 e. The summed E-state index contributed by atoms with van der Waals surface area (Å²) >= 11 is 0. The highest BCUT2D eigenvalue weighted by atomic mass is 16.7. The molecule has 0 bridgehead atoms. The molecule has 0 fully saturated rings. The molecule has 1 atom stereocenters. The minimum Gasteiger partial charge on any atom is -0.480 e. The molecule has 0 saturated heterocycles. The highest BCUT2D eigenvalue weighted by Gasteiger charge is 2.29. The Morgan fingerprint density at radius 1 is 1.31 bits per heavy atom. The van der Waals surface area contributed by atoms with Crippen molar-refractivity contribution in [1.82, 2.24) is 5.06 Å². The average molecular weight is 231 g/mol. The highest BCUT2D eigenvalue weighted by Crippen LogP contribution is 2.13. The molecule has 0 aliphatic heterocycles. The van der Waals surface area contributed by atoms with Crippen LogP contribution in [0.25, 0.3) is 0 Å². The molecule has 16 heavy (non-hydrogen) atoms. The zero-order valence-corrected chi connectivity index (χ0v) is 10.9. The molecular formula is C12H25NO3. The lowest BCUT2D eigenvalue weighted by molar-refractivity contribution is -0.204. The topological polar surface area (TPSA) is 49.8 Å². The second-order valence-corrected chi connectivity index (χ2v) is 4.29. The molecule has 0 spiro atoms. The van der Waals surface area contributed by atoms with E-state index in [0.29, 0.717) is 13.2 Å². The van der Waals surface area contributed by atoms with Crippen LogP contribution in [0.1, 0.15) is 47.0 Å². The Morgan fingerprint density at radius 3 is 2.31 bits per heavy atom. The lowest BCUT2D eigenvalue weighted by Gasteiger charge is -2.29. The first kappa shape index (κ1) is 15.4. The zero-order chi connectivity index (χ0) is 12.6. The van der Waals surface area contributed by atoms with Gasteiger partial charge in [0.2, 0.25) is 0 Å². The van der Waals surface area contributed by atoms with Gasteiger partial charge in [-0.3, -0.25) is 9.63 Å². The van der Waals surface area contributed by atoms with Gasteiger partial charge in [-0.05, 0) is 19.3 Å². The molecule has 0 radical (unpaired) electrons. The smallest absolute Gasteiger partial charge is 0.323 e. The maximum atomic E-state index is 11.2. The number of aliphatic carboxylic acids is 1. The predicted molar refractivity (Wildman–Crippen MR) is 64.1 cm³/mol. The monoisotopic (exact) mass is 231 g/mol. The van der Waals surface area contributed by atoms with Crippen LogP contribution in [0.2, 0.25) is 0 Å². The molecular weight excluding hydrogens is 206 g/mol. The number of unbranched alkanes of at least 4 members (excludes halogenated alkanes) is 2. The maximum absolute atomic E-state index is 11.2. The standard InChI is InChI=1S/C12H25NO3/c1-5-7-8-9-13(16-6-2)11(10(3)4)12(14)15/h10-11H,5-9H2,1-4H3,(H,14,15). The van der Waals surface area contributed by atoms with Gasteiger partial charge >= 0.3 is 5.97 Å². The Kier molecular flexibility index (Phi) is 8.21. The van der Waals surface area contributed by atoms with E-state index in [1.807, 2.05) is 20.8 Å². The third kappa shape index (κ3) is 5.47. The van der Waals surface area contributed by atoms with Crippen LogP contribution in [0.15, 0.2) is 0 Å². The van der Waals surface area contributed by atoms with Gasteiger partial charge in [-0.25, -0.2) is 0 Å². The van der Waals surface area contributed by atoms with Gasteiger partial charge in [0.1, 0.15) is 6.04 Å². The van der Waals surface area contributed by atoms with Crippen LogP contribution in [0.3, 0.4) is 0 Å². The quantitative estimate of drug-likeness (QED) is 0.489. The minimum absolute atomic E-state index is 0.0469. The number of rotatable bonds is 9. The number of nitrogens with zero attached hydrogens (tertiary/aromatic N) is 1. The molecule has 1 unspecified atom stereocenters. The third-order valence-electron chi connectivity index (χ3n) is 2.47. The molecule has 96 valence electrons. The molecule has 4 nitrogen and oxygen atoms in total. The highest BCUT2D eigenvalue weighted by molar-refractivity contribution is 5.73. The van der Waals surface area contributed by atoms with Gasteiger partial charge in [-0.1, -0.05) is 33.6 Å². The molecule has 1 N–H and O–H groups in total. The third-order valence-corrected chi connectivity index (χ3v) is 2.47. The van der Waals surface area contributed by atoms with Crippen molar-refractivity contribution < 1.29 is 14.7 Å². The summed E-state index contributed by atoms with van der Waals surface area (Å²) in [6.07, 6.45) is 3.21. The fourth-order valence-corrected chi connectivity index (χ4v) is 1.71. The van der Waals surface area contributed by atoms with Crippen LogP contribution < -0.4 is 0 Å². The number of carboxylic acid groups (broad SMARTS) is 1. The van der Waals surface area contributed by atoms with Crippen molar-refractivity contribution in [2.75, 3.05) is 13.2 Å². The van der Waals surface area contributed by atoms with Crippen molar-refractivity contribution in [3.63, 3.8) is 0 Å². The Hall–Kier alpha value is -0.610. The Labute approximate surface area is 98.5 Å². The molecule has 0 aliphatic rings. The van der Waals surface area contributed by atoms with E-state index < -0.39 is 12.0 Å². The van der Waals surface area contributed by atoms with Crippen molar-refractivity contribution in [3.8, 4) is 0 Å². The van der Waals surface area contributed by atoms with Crippen LogP contribution in [-0.2, 0) is 9.63 Å². The van der Waals surface area contributed by atoms with Gasteiger partial charge < -0.3 is 5.11 Å². The summed E-state index contributed by atoms with van der Waals surface area (Å²) in [4.78, 5) is 16.6.